The fraction of sp³-hybridized carbons (Fsp3) is 0.857. The van der Waals surface area contributed by atoms with Gasteiger partial charge in [0.15, 0.2) is 5.78 Å². The number of hydrogen-bond acceptors (Lipinski definition) is 27. The van der Waals surface area contributed by atoms with Gasteiger partial charge in [-0.15, -0.1) is 0 Å². The van der Waals surface area contributed by atoms with E-state index in [2.05, 4.69) is 10.6 Å². The molecule has 95 heavy (non-hydrogen) atoms. The van der Waals surface area contributed by atoms with Crippen LogP contribution in [-0.4, -0.2) is 335 Å². The van der Waals surface area contributed by atoms with E-state index in [-0.39, 0.29) is 87.2 Å². The van der Waals surface area contributed by atoms with Gasteiger partial charge in [-0.05, 0) is 25.2 Å². The first-order valence-corrected chi connectivity index (χ1v) is 33.1. The van der Waals surface area contributed by atoms with Crippen LogP contribution in [0.5, 0.6) is 0 Å². The van der Waals surface area contributed by atoms with E-state index in [1.165, 1.54) is 12.2 Å². The number of primary amides is 1. The van der Waals surface area contributed by atoms with Crippen LogP contribution in [0.4, 0.5) is 4.79 Å². The number of amides is 5. The summed E-state index contributed by atoms with van der Waals surface area (Å²) in [7, 11) is 0. The van der Waals surface area contributed by atoms with Gasteiger partial charge in [0.25, 0.3) is 11.8 Å². The number of ether oxygens (including phenoxy) is 20. The number of carbonyl (C=O) groups excluding carboxylic acids is 6. The number of aliphatic carboxylic acids is 1. The van der Waals surface area contributed by atoms with Gasteiger partial charge in [0.1, 0.15) is 5.78 Å². The molecule has 5 amide bonds. The van der Waals surface area contributed by atoms with Crippen molar-refractivity contribution in [2.24, 2.45) is 17.6 Å². The zero-order valence-corrected chi connectivity index (χ0v) is 56.5. The van der Waals surface area contributed by atoms with Gasteiger partial charge in [0.05, 0.1) is 270 Å². The lowest BCUT2D eigenvalue weighted by Gasteiger charge is -2.23. The predicted molar refractivity (Wildman–Crippen MR) is 340 cm³/mol. The van der Waals surface area contributed by atoms with E-state index in [0.717, 1.165) is 4.90 Å². The Bertz CT molecular complexity index is 1880. The van der Waals surface area contributed by atoms with Crippen LogP contribution in [-0.2, 0) is 124 Å². The van der Waals surface area contributed by atoms with Gasteiger partial charge in [-0.25, -0.2) is 4.79 Å². The van der Waals surface area contributed by atoms with Crippen molar-refractivity contribution in [3.8, 4) is 0 Å². The van der Waals surface area contributed by atoms with Crippen molar-refractivity contribution < 1.29 is 133 Å². The average Bonchev–Trinajstić information content (AvgIpc) is 1.90. The van der Waals surface area contributed by atoms with Gasteiger partial charge in [-0.1, -0.05) is 13.8 Å². The molecule has 0 unspecified atom stereocenters. The molecule has 0 bridgehead atoms. The largest absolute Gasteiger partial charge is 0.481 e. The molecule has 0 aromatic heterocycles. The van der Waals surface area contributed by atoms with Crippen molar-refractivity contribution in [2.45, 2.75) is 64.8 Å². The van der Waals surface area contributed by atoms with Crippen LogP contribution in [0.25, 0.3) is 0 Å². The van der Waals surface area contributed by atoms with E-state index < -0.39 is 24.0 Å². The highest BCUT2D eigenvalue weighted by Crippen LogP contribution is 2.16. The summed E-state index contributed by atoms with van der Waals surface area (Å²) in [4.78, 5) is 84.0. The number of carbonyl (C=O) groups is 7. The third kappa shape index (κ3) is 60.5. The predicted octanol–water partition coefficient (Wildman–Crippen LogP) is 0.622. The Morgan fingerprint density at radius 3 is 0.937 bits per heavy atom. The van der Waals surface area contributed by atoms with Crippen molar-refractivity contribution in [2.75, 3.05) is 277 Å². The maximum atomic E-state index is 12.9. The number of nitrogens with zero attached hydrogens (tertiary/aromatic N) is 1. The maximum Gasteiger partial charge on any atom is 0.312 e. The maximum absolute atomic E-state index is 12.9. The average molecular weight is 1380 g/mol. The van der Waals surface area contributed by atoms with Crippen molar-refractivity contribution in [1.82, 2.24) is 15.5 Å². The summed E-state index contributed by atoms with van der Waals surface area (Å²) in [5.74, 6) is -3.82. The number of ketones is 2. The van der Waals surface area contributed by atoms with Gasteiger partial charge >= 0.3 is 12.0 Å². The highest BCUT2D eigenvalue weighted by molar-refractivity contribution is 6.13. The molecular formula is C63H114N4O28. The number of urea groups is 1. The second-order valence-corrected chi connectivity index (χ2v) is 21.0. The molecule has 0 spiro atoms. The van der Waals surface area contributed by atoms with Crippen LogP contribution >= 0.6 is 0 Å². The highest BCUT2D eigenvalue weighted by Gasteiger charge is 2.29. The summed E-state index contributed by atoms with van der Waals surface area (Å²) >= 11 is 0. The van der Waals surface area contributed by atoms with Gasteiger partial charge in [0.2, 0.25) is 5.91 Å². The molecule has 0 saturated heterocycles. The molecule has 1 aliphatic heterocycles. The van der Waals surface area contributed by atoms with Crippen molar-refractivity contribution >= 4 is 41.3 Å². The number of nitrogens with two attached hydrogens (primary N) is 1. The summed E-state index contributed by atoms with van der Waals surface area (Å²) < 4.78 is 110. The Hall–Kier alpha value is -4.37. The minimum absolute atomic E-state index is 0.0133. The molecule has 0 radical (unpaired) electrons. The quantitative estimate of drug-likeness (QED) is 0.0479. The smallest absolute Gasteiger partial charge is 0.312 e. The number of imide groups is 1. The summed E-state index contributed by atoms with van der Waals surface area (Å²) in [6.45, 7) is 21.0. The third-order valence-corrected chi connectivity index (χ3v) is 13.0. The first kappa shape index (κ1) is 88.6. The number of hydrogen-bond donors (Lipinski definition) is 4. The van der Waals surface area contributed by atoms with Crippen LogP contribution in [0.15, 0.2) is 12.2 Å². The Kier molecular flexibility index (Phi) is 63.6. The Morgan fingerprint density at radius 1 is 0.400 bits per heavy atom. The molecule has 2 atom stereocenters. The molecule has 0 fully saturated rings. The minimum Gasteiger partial charge on any atom is -0.481 e. The Labute approximate surface area is 560 Å². The van der Waals surface area contributed by atoms with E-state index in [0.29, 0.717) is 270 Å². The zero-order valence-electron chi connectivity index (χ0n) is 56.5. The van der Waals surface area contributed by atoms with Gasteiger partial charge in [-0.2, -0.15) is 0 Å². The van der Waals surface area contributed by atoms with Crippen LogP contribution in [0.3, 0.4) is 0 Å². The van der Waals surface area contributed by atoms with Gasteiger partial charge in [0, 0.05) is 57.5 Å². The molecule has 0 saturated carbocycles. The van der Waals surface area contributed by atoms with E-state index in [1.54, 1.807) is 13.8 Å². The monoisotopic (exact) mass is 1370 g/mol. The fourth-order valence-electron chi connectivity index (χ4n) is 7.94. The van der Waals surface area contributed by atoms with E-state index in [4.69, 9.17) is 100 Å². The summed E-state index contributed by atoms with van der Waals surface area (Å²) in [5, 5.41) is 14.6. The fourth-order valence-corrected chi connectivity index (χ4v) is 7.94. The third-order valence-electron chi connectivity index (χ3n) is 13.0. The number of carboxylic acids is 1. The Morgan fingerprint density at radius 2 is 0.674 bits per heavy atom. The molecule has 554 valence electrons. The van der Waals surface area contributed by atoms with E-state index >= 15 is 0 Å². The van der Waals surface area contributed by atoms with E-state index in [9.17, 15) is 38.7 Å². The Balaban J connectivity index is 1.67. The number of nitrogens with one attached hydrogen (secondary N) is 2. The SMILES string of the molecule is CC(C)[C@H](NC(=O)CCOCCOCCOCCOCCOCCOCCOCCOCCOCCOCCOCCOCCOCCOCCOCCOCCOCCOCCOCCOCCCC(=O)CCN1C(=O)C=CC1=O)C(=O)C[C@@H](CCCNC(N)=O)C(=O)O. The van der Waals surface area contributed by atoms with Gasteiger partial charge < -0.3 is 116 Å². The minimum atomic E-state index is -1.12. The number of carboxylic acid groups (broad SMARTS) is 1. The zero-order chi connectivity index (χ0) is 69.0. The summed E-state index contributed by atoms with van der Waals surface area (Å²) in [6, 6.07) is -1.54. The van der Waals surface area contributed by atoms with Crippen molar-refractivity contribution in [3.63, 3.8) is 0 Å². The molecule has 1 heterocycles. The standard InChI is InChI=1S/C63H114N4O28/c1-54(2)61(57(69)53-55(62(73)74)5-3-11-65-63(64)75)66-58(70)10-14-77-16-18-79-20-22-81-24-26-83-28-30-85-32-34-87-36-38-89-40-42-91-44-46-93-48-50-95-52-51-94-49-47-92-45-43-90-41-39-88-37-35-86-33-31-84-29-27-82-25-23-80-21-19-78-17-15-76-13-4-6-56(68)9-12-67-59(71)7-8-60(67)72/h7-8,54-55,61H,3-6,9-53H2,1-2H3,(H,66,70)(H,73,74)(H3,64,65,75)/t55-,61+/m1/s1. The lowest BCUT2D eigenvalue weighted by Crippen LogP contribution is -2.45. The van der Waals surface area contributed by atoms with Crippen LogP contribution in [0, 0.1) is 11.8 Å². The lowest BCUT2D eigenvalue weighted by atomic mass is 9.90. The normalized spacial score (nSPS) is 13.0. The van der Waals surface area contributed by atoms with Crippen molar-refractivity contribution in [3.05, 3.63) is 12.2 Å². The molecule has 32 heteroatoms. The first-order chi connectivity index (χ1) is 46.4. The highest BCUT2D eigenvalue weighted by atomic mass is 16.6. The first-order valence-electron chi connectivity index (χ1n) is 33.1. The van der Waals surface area contributed by atoms with Gasteiger partial charge in [-0.3, -0.25) is 33.7 Å². The second kappa shape index (κ2) is 68.2. The van der Waals surface area contributed by atoms with Crippen LogP contribution in [0.2, 0.25) is 0 Å². The molecule has 0 aliphatic carbocycles. The number of rotatable bonds is 77. The topological polar surface area (TPSA) is 378 Å². The molecule has 0 aromatic carbocycles. The molecule has 32 nitrogen and oxygen atoms in total. The van der Waals surface area contributed by atoms with Crippen LogP contribution in [0.1, 0.15) is 58.8 Å². The molecule has 1 rings (SSSR count). The number of Topliss-reactive ketones (excluding diaryl/α,β-unsaturated/α-hetero) is 2. The lowest BCUT2D eigenvalue weighted by molar-refractivity contribution is -0.144. The molecule has 5 N–H and O–H groups in total. The summed E-state index contributed by atoms with van der Waals surface area (Å²) in [5.41, 5.74) is 5.02. The molecule has 0 aromatic rings. The second-order valence-electron chi connectivity index (χ2n) is 21.0. The van der Waals surface area contributed by atoms with E-state index in [1.807, 2.05) is 0 Å². The summed E-state index contributed by atoms with van der Waals surface area (Å²) in [6.07, 6.45) is 3.78. The van der Waals surface area contributed by atoms with Crippen LogP contribution < -0.4 is 16.4 Å². The molecular weight excluding hydrogens is 1260 g/mol. The molecule has 1 aliphatic rings. The van der Waals surface area contributed by atoms with Crippen molar-refractivity contribution in [1.29, 1.82) is 0 Å².